The van der Waals surface area contributed by atoms with Crippen LogP contribution in [0.4, 0.5) is 5.82 Å². The van der Waals surface area contributed by atoms with E-state index in [4.69, 9.17) is 23.2 Å². The minimum atomic E-state index is 0.394. The molecule has 0 bridgehead atoms. The summed E-state index contributed by atoms with van der Waals surface area (Å²) in [5.41, 5.74) is 5.76. The van der Waals surface area contributed by atoms with Crippen molar-refractivity contribution in [1.82, 2.24) is 4.98 Å². The molecule has 0 atom stereocenters. The summed E-state index contributed by atoms with van der Waals surface area (Å²) in [4.78, 5) is 2.65. The number of nitrogen functional groups attached to an aromatic ring is 1. The first-order chi connectivity index (χ1) is 4.72. The van der Waals surface area contributed by atoms with Crippen LogP contribution in [0.5, 0.6) is 0 Å². The second-order valence-corrected chi connectivity index (χ2v) is 2.27. The van der Waals surface area contributed by atoms with Gasteiger partial charge in [0.25, 0.3) is 0 Å². The van der Waals surface area contributed by atoms with Gasteiger partial charge in [0.2, 0.25) is 0 Å². The average Bonchev–Trinajstić information content (AvgIpc) is 1.85. The highest BCUT2D eigenvalue weighted by Gasteiger charge is 1.89. The Morgan fingerprint density at radius 3 is 2.80 bits per heavy atom. The first-order valence-electron chi connectivity index (χ1n) is 2.62. The van der Waals surface area contributed by atoms with Gasteiger partial charge in [0.05, 0.1) is 0 Å². The molecule has 50 valence electrons. The van der Waals surface area contributed by atoms with Gasteiger partial charge >= 0.3 is 0 Å². The summed E-state index contributed by atoms with van der Waals surface area (Å²) in [5, 5.41) is 8.40. The van der Waals surface area contributed by atoms with Crippen molar-refractivity contribution in [2.24, 2.45) is 0 Å². The van der Waals surface area contributed by atoms with E-state index in [1.165, 1.54) is 0 Å². The molecule has 0 spiro atoms. The maximum absolute atomic E-state index is 8.40. The predicted octanol–water partition coefficient (Wildman–Crippen LogP) is 1.20. The molecule has 0 aromatic carbocycles. The molecule has 0 fully saturated rings. The van der Waals surface area contributed by atoms with Crippen molar-refractivity contribution >= 4 is 18.0 Å². The summed E-state index contributed by atoms with van der Waals surface area (Å²) in [6.45, 7) is 0. The summed E-state index contributed by atoms with van der Waals surface area (Å²) in [6.07, 6.45) is 0. The van der Waals surface area contributed by atoms with E-state index in [1.807, 2.05) is 6.07 Å². The maximum Gasteiger partial charge on any atom is 0.120 e. The second kappa shape index (κ2) is 2.50. The molecule has 4 heteroatoms. The van der Waals surface area contributed by atoms with Crippen LogP contribution < -0.4 is 5.73 Å². The van der Waals surface area contributed by atoms with Crippen LogP contribution in [0.1, 0.15) is 5.69 Å². The number of anilines is 1. The Morgan fingerprint density at radius 1 is 1.60 bits per heavy atom. The zero-order valence-electron chi connectivity index (χ0n) is 5.09. The van der Waals surface area contributed by atoms with Crippen LogP contribution in [0.25, 0.3) is 0 Å². The zero-order valence-corrected chi connectivity index (χ0v) is 5.90. The predicted molar refractivity (Wildman–Crippen MR) is 40.8 cm³/mol. The second-order valence-electron chi connectivity index (χ2n) is 1.80. The van der Waals surface area contributed by atoms with Gasteiger partial charge in [-0.15, -0.1) is 0 Å². The number of nitrogens with zero attached hydrogens (tertiary/aromatic N) is 1. The number of pyridine rings is 1. The van der Waals surface area contributed by atoms with Crippen LogP contribution in [0, 0.1) is 15.8 Å². The van der Waals surface area contributed by atoms with Crippen LogP contribution in [0.15, 0.2) is 12.1 Å². The van der Waals surface area contributed by atoms with Gasteiger partial charge in [-0.2, -0.15) is 5.26 Å². The van der Waals surface area contributed by atoms with Crippen molar-refractivity contribution in [3.63, 3.8) is 0 Å². The van der Waals surface area contributed by atoms with Crippen molar-refractivity contribution in [2.75, 3.05) is 5.73 Å². The van der Waals surface area contributed by atoms with E-state index in [-0.39, 0.29) is 0 Å². The lowest BCUT2D eigenvalue weighted by atomic mass is 10.4. The Bertz CT molecular complexity index is 334. The van der Waals surface area contributed by atoms with E-state index in [2.05, 4.69) is 4.98 Å². The molecule has 0 saturated heterocycles. The van der Waals surface area contributed by atoms with Crippen LogP contribution in [-0.2, 0) is 0 Å². The Labute approximate surface area is 63.1 Å². The molecule has 3 nitrogen and oxygen atoms in total. The molecule has 3 N–H and O–H groups in total. The van der Waals surface area contributed by atoms with Crippen molar-refractivity contribution in [3.05, 3.63) is 22.3 Å². The number of nitrogens with one attached hydrogen (secondary N) is 1. The zero-order chi connectivity index (χ0) is 7.56. The lowest BCUT2D eigenvalue weighted by molar-refractivity contribution is 1.27. The van der Waals surface area contributed by atoms with E-state index in [9.17, 15) is 0 Å². The molecule has 1 rings (SSSR count). The van der Waals surface area contributed by atoms with Gasteiger partial charge in [0.1, 0.15) is 17.6 Å². The van der Waals surface area contributed by atoms with E-state index >= 15 is 0 Å². The van der Waals surface area contributed by atoms with Gasteiger partial charge in [-0.25, -0.2) is 0 Å². The quantitative estimate of drug-likeness (QED) is 0.547. The highest BCUT2D eigenvalue weighted by atomic mass is 32.1. The Balaban J connectivity index is 3.36. The normalized spacial score (nSPS) is 8.70. The number of nitrogens with two attached hydrogens (primary N) is 1. The number of nitriles is 1. The summed E-state index contributed by atoms with van der Waals surface area (Å²) >= 11 is 4.80. The fourth-order valence-corrected chi connectivity index (χ4v) is 0.870. The van der Waals surface area contributed by atoms with Crippen molar-refractivity contribution in [2.45, 2.75) is 0 Å². The SMILES string of the molecule is N#Cc1cc(=S)cc(N)[nH]1. The smallest absolute Gasteiger partial charge is 0.120 e. The Hall–Kier alpha value is -1.34. The molecular weight excluding hydrogens is 146 g/mol. The largest absolute Gasteiger partial charge is 0.385 e. The maximum atomic E-state index is 8.40. The number of aromatic nitrogens is 1. The fraction of sp³-hybridized carbons (Fsp3) is 0. The van der Waals surface area contributed by atoms with Gasteiger partial charge in [0.15, 0.2) is 0 Å². The number of hydrogen-bond donors (Lipinski definition) is 2. The third kappa shape index (κ3) is 1.33. The van der Waals surface area contributed by atoms with Crippen LogP contribution >= 0.6 is 12.2 Å². The van der Waals surface area contributed by atoms with E-state index in [0.717, 1.165) is 0 Å². The molecule has 0 aliphatic carbocycles. The average molecular weight is 151 g/mol. The summed E-state index contributed by atoms with van der Waals surface area (Å²) in [5.74, 6) is 0.420. The molecule has 0 amide bonds. The third-order valence-corrected chi connectivity index (χ3v) is 1.22. The molecule has 0 aliphatic heterocycles. The summed E-state index contributed by atoms with van der Waals surface area (Å²) < 4.78 is 0.577. The number of aromatic amines is 1. The van der Waals surface area contributed by atoms with Crippen LogP contribution in [0.3, 0.4) is 0 Å². The van der Waals surface area contributed by atoms with Crippen molar-refractivity contribution in [1.29, 1.82) is 5.26 Å². The van der Waals surface area contributed by atoms with Gasteiger partial charge in [-0.3, -0.25) is 0 Å². The molecule has 0 radical (unpaired) electrons. The van der Waals surface area contributed by atoms with Crippen LogP contribution in [0.2, 0.25) is 0 Å². The molecule has 0 saturated carbocycles. The first kappa shape index (κ1) is 6.78. The molecule has 1 aromatic rings. The molecule has 10 heavy (non-hydrogen) atoms. The minimum Gasteiger partial charge on any atom is -0.385 e. The standard InChI is InChI=1S/C6H5N3S/c7-3-4-1-5(10)2-6(8)9-4/h1-2H,(H3,8,9,10). The van der Waals surface area contributed by atoms with Crippen molar-refractivity contribution in [3.8, 4) is 6.07 Å². The Morgan fingerprint density at radius 2 is 2.30 bits per heavy atom. The highest BCUT2D eigenvalue weighted by molar-refractivity contribution is 7.71. The lowest BCUT2D eigenvalue weighted by Gasteiger charge is -1.92. The molecule has 0 unspecified atom stereocenters. The van der Waals surface area contributed by atoms with E-state index in [0.29, 0.717) is 16.0 Å². The molecular formula is C6H5N3S. The van der Waals surface area contributed by atoms with Crippen LogP contribution in [-0.4, -0.2) is 4.98 Å². The lowest BCUT2D eigenvalue weighted by Crippen LogP contribution is -1.91. The number of rotatable bonds is 0. The molecule has 1 heterocycles. The van der Waals surface area contributed by atoms with Crippen molar-refractivity contribution < 1.29 is 0 Å². The summed E-state index contributed by atoms with van der Waals surface area (Å²) in [6, 6.07) is 5.06. The Kier molecular flexibility index (Phi) is 1.69. The molecule has 1 aromatic heterocycles. The van der Waals surface area contributed by atoms with Gasteiger partial charge in [0, 0.05) is 4.51 Å². The van der Waals surface area contributed by atoms with E-state index in [1.54, 1.807) is 12.1 Å². The monoisotopic (exact) mass is 151 g/mol. The summed E-state index contributed by atoms with van der Waals surface area (Å²) in [7, 11) is 0. The van der Waals surface area contributed by atoms with Gasteiger partial charge < -0.3 is 10.7 Å². The van der Waals surface area contributed by atoms with Gasteiger partial charge in [-0.05, 0) is 12.1 Å². The first-order valence-corrected chi connectivity index (χ1v) is 3.03. The topological polar surface area (TPSA) is 65.6 Å². The fourth-order valence-electron chi connectivity index (χ4n) is 0.625. The number of hydrogen-bond acceptors (Lipinski definition) is 3. The minimum absolute atomic E-state index is 0.394. The highest BCUT2D eigenvalue weighted by Crippen LogP contribution is 2.00. The third-order valence-electron chi connectivity index (χ3n) is 0.984. The van der Waals surface area contributed by atoms with E-state index < -0.39 is 0 Å². The molecule has 0 aliphatic rings. The number of H-pyrrole nitrogens is 1. The van der Waals surface area contributed by atoms with Gasteiger partial charge in [-0.1, -0.05) is 12.2 Å².